The average Bonchev–Trinajstić information content (AvgIpc) is 3.39. The Labute approximate surface area is 486 Å². The zero-order valence-corrected chi connectivity index (χ0v) is 51.3. The molecule has 0 spiro atoms. The van der Waals surface area contributed by atoms with Crippen LogP contribution in [0.25, 0.3) is 0 Å². The number of alkyl carbamates (subject to hydrolysis) is 4. The van der Waals surface area contributed by atoms with Gasteiger partial charge in [0.1, 0.15) is 22.4 Å². The molecule has 82 heavy (non-hydrogen) atoms. The van der Waals surface area contributed by atoms with Crippen molar-refractivity contribution in [3.8, 4) is 34.5 Å². The van der Waals surface area contributed by atoms with Crippen molar-refractivity contribution >= 4 is 81.8 Å². The van der Waals surface area contributed by atoms with Crippen molar-refractivity contribution in [2.24, 2.45) is 9.98 Å². The summed E-state index contributed by atoms with van der Waals surface area (Å²) in [7, 11) is 7.94. The number of carbonyl (C=O) groups is 8. The summed E-state index contributed by atoms with van der Waals surface area (Å²) in [6.07, 6.45) is -1.90. The monoisotopic (exact) mass is 1200 g/mol. The SMILES string of the molecule is COc1cc(C(=O)OCCCCN=C(NC(=O)OC(C)(C)C)NC(=O)OC(C)(C)C)cc(OC)c1OC(=O)CCSSCCC(=O)Oc1c(OC)cc(C(=O)OCCCCN=C(NC(=O)OC(C)(C)C)NC(=O)OC(C)(C)C)cc1OC. The van der Waals surface area contributed by atoms with Crippen LogP contribution in [0.1, 0.15) is 142 Å². The molecule has 0 heterocycles. The molecule has 0 atom stereocenters. The first-order valence-electron chi connectivity index (χ1n) is 25.9. The number of unbranched alkanes of at least 4 members (excludes halogenated alkanes) is 2. The maximum atomic E-state index is 13.0. The van der Waals surface area contributed by atoms with Gasteiger partial charge < -0.3 is 56.8 Å². The quantitative estimate of drug-likeness (QED) is 0.0137. The molecule has 26 nitrogen and oxygen atoms in total. The molecular weight excluding hydrogens is 1120 g/mol. The van der Waals surface area contributed by atoms with E-state index in [1.54, 1.807) is 83.1 Å². The van der Waals surface area contributed by atoms with Gasteiger partial charge in [-0.25, -0.2) is 28.8 Å². The van der Waals surface area contributed by atoms with E-state index in [1.165, 1.54) is 74.3 Å². The second kappa shape index (κ2) is 34.2. The van der Waals surface area contributed by atoms with Crippen LogP contribution in [0.4, 0.5) is 19.2 Å². The first-order chi connectivity index (χ1) is 38.2. The summed E-state index contributed by atoms with van der Waals surface area (Å²) in [6.45, 7) is 20.4. The first kappa shape index (κ1) is 70.7. The minimum atomic E-state index is -0.831. The number of ether oxygens (including phenoxy) is 12. The summed E-state index contributed by atoms with van der Waals surface area (Å²) in [5.74, 6) is -2.37. The van der Waals surface area contributed by atoms with Crippen molar-refractivity contribution in [2.75, 3.05) is 66.2 Å². The Morgan fingerprint density at radius 3 is 0.939 bits per heavy atom. The Bertz CT molecular complexity index is 2280. The van der Waals surface area contributed by atoms with Crippen LogP contribution in [-0.2, 0) is 38.0 Å². The van der Waals surface area contributed by atoms with E-state index in [0.29, 0.717) is 37.2 Å². The molecule has 0 unspecified atom stereocenters. The van der Waals surface area contributed by atoms with Crippen LogP contribution in [0.15, 0.2) is 34.3 Å². The van der Waals surface area contributed by atoms with E-state index in [1.807, 2.05) is 0 Å². The lowest BCUT2D eigenvalue weighted by atomic mass is 10.2. The van der Waals surface area contributed by atoms with Crippen molar-refractivity contribution in [1.82, 2.24) is 21.3 Å². The number of rotatable bonds is 25. The largest absolute Gasteiger partial charge is 0.493 e. The number of nitrogens with one attached hydrogen (secondary N) is 4. The molecule has 0 aliphatic rings. The summed E-state index contributed by atoms with van der Waals surface area (Å²) < 4.78 is 64.8. The van der Waals surface area contributed by atoms with Crippen LogP contribution in [0, 0.1) is 0 Å². The number of carbonyl (C=O) groups excluding carboxylic acids is 8. The fraction of sp³-hybridized carbons (Fsp3) is 0.593. The normalized spacial score (nSPS) is 11.3. The van der Waals surface area contributed by atoms with E-state index in [4.69, 9.17) is 56.8 Å². The summed E-state index contributed by atoms with van der Waals surface area (Å²) in [6, 6.07) is 5.38. The van der Waals surface area contributed by atoms with E-state index < -0.39 is 70.7 Å². The summed E-state index contributed by atoms with van der Waals surface area (Å²) in [5.41, 5.74) is -3.08. The topological polar surface area (TPSA) is 320 Å². The highest BCUT2D eigenvalue weighted by Crippen LogP contribution is 2.41. The van der Waals surface area contributed by atoms with E-state index in [2.05, 4.69) is 31.3 Å². The number of aliphatic imine (C=N–C) groups is 2. The molecule has 2 rings (SSSR count). The van der Waals surface area contributed by atoms with Crippen molar-refractivity contribution in [3.63, 3.8) is 0 Å². The second-order valence-electron chi connectivity index (χ2n) is 21.2. The minimum absolute atomic E-state index is 0.0100. The molecule has 0 aromatic heterocycles. The molecule has 28 heteroatoms. The molecule has 0 fully saturated rings. The zero-order chi connectivity index (χ0) is 61.8. The number of amides is 4. The Hall–Kier alpha value is -7.36. The van der Waals surface area contributed by atoms with Crippen LogP contribution in [0.2, 0.25) is 0 Å². The third-order valence-electron chi connectivity index (χ3n) is 9.28. The van der Waals surface area contributed by atoms with Crippen LogP contribution < -0.4 is 49.7 Å². The van der Waals surface area contributed by atoms with Gasteiger partial charge in [0, 0.05) is 24.6 Å². The van der Waals surface area contributed by atoms with Crippen LogP contribution in [0.5, 0.6) is 34.5 Å². The Morgan fingerprint density at radius 1 is 0.427 bits per heavy atom. The predicted octanol–water partition coefficient (Wildman–Crippen LogP) is 9.08. The second-order valence-corrected chi connectivity index (χ2v) is 23.9. The number of hydrogen-bond donors (Lipinski definition) is 4. The fourth-order valence-corrected chi connectivity index (χ4v) is 7.96. The average molecular weight is 1200 g/mol. The number of hydrogen-bond acceptors (Lipinski definition) is 24. The maximum absolute atomic E-state index is 13.0. The van der Waals surface area contributed by atoms with Crippen LogP contribution in [-0.4, -0.2) is 149 Å². The highest BCUT2D eigenvalue weighted by atomic mass is 33.1. The van der Waals surface area contributed by atoms with Crippen molar-refractivity contribution in [1.29, 1.82) is 0 Å². The van der Waals surface area contributed by atoms with Crippen molar-refractivity contribution in [2.45, 2.75) is 144 Å². The van der Waals surface area contributed by atoms with Crippen LogP contribution >= 0.6 is 21.6 Å². The van der Waals surface area contributed by atoms with E-state index in [9.17, 15) is 38.4 Å². The lowest BCUT2D eigenvalue weighted by Gasteiger charge is -2.22. The number of benzene rings is 2. The van der Waals surface area contributed by atoms with E-state index in [-0.39, 0.29) is 96.7 Å². The Kier molecular flexibility index (Phi) is 29.5. The lowest BCUT2D eigenvalue weighted by molar-refractivity contribution is -0.135. The molecule has 0 aliphatic carbocycles. The van der Waals surface area contributed by atoms with Crippen molar-refractivity contribution in [3.05, 3.63) is 35.4 Å². The van der Waals surface area contributed by atoms with Gasteiger partial charge in [-0.2, -0.15) is 0 Å². The molecule has 458 valence electrons. The molecule has 0 bridgehead atoms. The first-order valence-corrected chi connectivity index (χ1v) is 28.3. The number of methoxy groups -OCH3 is 4. The smallest absolute Gasteiger partial charge is 0.414 e. The number of esters is 4. The summed E-state index contributed by atoms with van der Waals surface area (Å²) in [4.78, 5) is 110. The minimum Gasteiger partial charge on any atom is -0.493 e. The van der Waals surface area contributed by atoms with Gasteiger partial charge >= 0.3 is 48.3 Å². The van der Waals surface area contributed by atoms with E-state index >= 15 is 0 Å². The third kappa shape index (κ3) is 29.9. The number of nitrogens with zero attached hydrogens (tertiary/aromatic N) is 2. The molecule has 4 amide bonds. The molecule has 0 saturated carbocycles. The van der Waals surface area contributed by atoms with Crippen molar-refractivity contribution < 1.29 is 95.2 Å². The third-order valence-corrected chi connectivity index (χ3v) is 11.7. The Balaban J connectivity index is 1.88. The van der Waals surface area contributed by atoms with Gasteiger partial charge in [0.15, 0.2) is 23.0 Å². The summed E-state index contributed by atoms with van der Waals surface area (Å²) >= 11 is 0. The highest BCUT2D eigenvalue weighted by Gasteiger charge is 2.26. The molecule has 0 aliphatic heterocycles. The number of guanidine groups is 2. The highest BCUT2D eigenvalue weighted by molar-refractivity contribution is 8.76. The van der Waals surface area contributed by atoms with Gasteiger partial charge in [0.05, 0.1) is 65.6 Å². The molecule has 0 radical (unpaired) electrons. The van der Waals surface area contributed by atoms with Gasteiger partial charge in [-0.05, 0) is 133 Å². The van der Waals surface area contributed by atoms with Gasteiger partial charge in [-0.15, -0.1) is 0 Å². The summed E-state index contributed by atoms with van der Waals surface area (Å²) in [5, 5.41) is 9.61. The molecule has 2 aromatic rings. The zero-order valence-electron chi connectivity index (χ0n) is 49.7. The molecular formula is C54H80N6O20S2. The maximum Gasteiger partial charge on any atom is 0.414 e. The van der Waals surface area contributed by atoms with Gasteiger partial charge in [-0.3, -0.25) is 40.8 Å². The Morgan fingerprint density at radius 2 is 0.695 bits per heavy atom. The van der Waals surface area contributed by atoms with Gasteiger partial charge in [-0.1, -0.05) is 21.6 Å². The molecule has 4 N–H and O–H groups in total. The van der Waals surface area contributed by atoms with Gasteiger partial charge in [0.2, 0.25) is 23.4 Å². The fourth-order valence-electron chi connectivity index (χ4n) is 6.02. The van der Waals surface area contributed by atoms with Gasteiger partial charge in [0.25, 0.3) is 0 Å². The standard InChI is InChI=1S/C54H80N6O20S2/c1-51(2,3)77-47(65)57-45(58-48(66)78-52(4,5)6)55-23-17-19-25-73-43(63)33-29-35(69-13)41(36(30-33)70-14)75-39(61)21-27-81-82-28-22-40(62)76-42-37(71-15)31-34(32-38(42)72-16)44(64)74-26-20-18-24-56-46(59-49(67)79-53(7,8)9)60-50(68)80-54(10,11)12/h29-32H,17-28H2,1-16H3,(H2,55,57,58,65,66)(H2,56,59,60,67,68). The lowest BCUT2D eigenvalue weighted by Crippen LogP contribution is -2.47. The van der Waals surface area contributed by atoms with Crippen LogP contribution in [0.3, 0.4) is 0 Å². The molecule has 0 saturated heterocycles. The van der Waals surface area contributed by atoms with E-state index in [0.717, 1.165) is 0 Å². The predicted molar refractivity (Wildman–Crippen MR) is 306 cm³/mol. The molecule has 2 aromatic carbocycles.